The van der Waals surface area contributed by atoms with E-state index in [4.69, 9.17) is 4.52 Å². The van der Waals surface area contributed by atoms with Gasteiger partial charge in [0, 0.05) is 12.5 Å². The van der Waals surface area contributed by atoms with Gasteiger partial charge >= 0.3 is 0 Å². The maximum atomic E-state index is 10.1. The monoisotopic (exact) mass is 287 g/mol. The summed E-state index contributed by atoms with van der Waals surface area (Å²) >= 11 is 0. The zero-order chi connectivity index (χ0) is 14.7. The molecule has 1 N–H and O–H groups in total. The molecule has 0 aliphatic heterocycles. The highest BCUT2D eigenvalue weighted by atomic mass is 16.5. The number of nitrogens with zero attached hydrogens (tertiary/aromatic N) is 3. The summed E-state index contributed by atoms with van der Waals surface area (Å²) in [5.41, 5.74) is 0.960. The SMILES string of the molecule is CN(CCC(O)c1ccccc1)Cc1noc(C2CC2)n1. The quantitative estimate of drug-likeness (QED) is 0.847. The zero-order valence-electron chi connectivity index (χ0n) is 12.3. The molecule has 1 aliphatic rings. The minimum absolute atomic E-state index is 0.430. The normalized spacial score (nSPS) is 16.3. The van der Waals surface area contributed by atoms with E-state index in [1.54, 1.807) is 0 Å². The van der Waals surface area contributed by atoms with E-state index in [0.717, 1.165) is 23.8 Å². The van der Waals surface area contributed by atoms with Crippen LogP contribution in [0.15, 0.2) is 34.9 Å². The maximum Gasteiger partial charge on any atom is 0.229 e. The molecule has 1 aliphatic carbocycles. The summed E-state index contributed by atoms with van der Waals surface area (Å²) in [6.07, 6.45) is 2.59. The van der Waals surface area contributed by atoms with Gasteiger partial charge in [-0.3, -0.25) is 4.90 Å². The van der Waals surface area contributed by atoms with Gasteiger partial charge in [0.25, 0.3) is 0 Å². The molecule has 0 radical (unpaired) electrons. The van der Waals surface area contributed by atoms with E-state index in [1.165, 1.54) is 12.8 Å². The number of rotatable bonds is 7. The Hall–Kier alpha value is -1.72. The van der Waals surface area contributed by atoms with E-state index in [9.17, 15) is 5.11 Å². The Kier molecular flexibility index (Phi) is 4.31. The lowest BCUT2D eigenvalue weighted by atomic mass is 10.1. The van der Waals surface area contributed by atoms with Gasteiger partial charge < -0.3 is 9.63 Å². The van der Waals surface area contributed by atoms with Crippen molar-refractivity contribution < 1.29 is 9.63 Å². The zero-order valence-corrected chi connectivity index (χ0v) is 12.3. The fraction of sp³-hybridized carbons (Fsp3) is 0.500. The lowest BCUT2D eigenvalue weighted by Gasteiger charge is -2.17. The molecular formula is C16H21N3O2. The number of aliphatic hydroxyl groups is 1. The molecule has 2 aromatic rings. The molecule has 21 heavy (non-hydrogen) atoms. The van der Waals surface area contributed by atoms with Crippen LogP contribution in [0.1, 0.15) is 48.6 Å². The van der Waals surface area contributed by atoms with Gasteiger partial charge in [0.15, 0.2) is 5.82 Å². The maximum absolute atomic E-state index is 10.1. The molecule has 0 spiro atoms. The van der Waals surface area contributed by atoms with Gasteiger partial charge in [0.2, 0.25) is 5.89 Å². The molecule has 112 valence electrons. The Morgan fingerprint density at radius 1 is 1.33 bits per heavy atom. The van der Waals surface area contributed by atoms with Crippen molar-refractivity contribution in [3.8, 4) is 0 Å². The van der Waals surface area contributed by atoms with Crippen LogP contribution in [0.2, 0.25) is 0 Å². The summed E-state index contributed by atoms with van der Waals surface area (Å²) < 4.78 is 5.25. The molecule has 1 aromatic carbocycles. The molecule has 0 saturated heterocycles. The smallest absolute Gasteiger partial charge is 0.229 e. The van der Waals surface area contributed by atoms with Crippen LogP contribution in [-0.2, 0) is 6.54 Å². The average molecular weight is 287 g/mol. The Morgan fingerprint density at radius 3 is 2.81 bits per heavy atom. The lowest BCUT2D eigenvalue weighted by molar-refractivity contribution is 0.146. The molecule has 1 unspecified atom stereocenters. The summed E-state index contributed by atoms with van der Waals surface area (Å²) in [5, 5.41) is 14.2. The molecule has 1 atom stereocenters. The van der Waals surface area contributed by atoms with Crippen molar-refractivity contribution in [3.63, 3.8) is 0 Å². The minimum Gasteiger partial charge on any atom is -0.388 e. The van der Waals surface area contributed by atoms with Crippen molar-refractivity contribution >= 4 is 0 Å². The first-order chi connectivity index (χ1) is 10.2. The molecule has 0 amide bonds. The van der Waals surface area contributed by atoms with Gasteiger partial charge in [0.05, 0.1) is 12.6 Å². The molecular weight excluding hydrogens is 266 g/mol. The van der Waals surface area contributed by atoms with Crippen LogP contribution in [0.4, 0.5) is 0 Å². The van der Waals surface area contributed by atoms with Gasteiger partial charge in [-0.1, -0.05) is 35.5 Å². The van der Waals surface area contributed by atoms with E-state index in [-0.39, 0.29) is 0 Å². The number of hydrogen-bond donors (Lipinski definition) is 1. The molecule has 5 nitrogen and oxygen atoms in total. The highest BCUT2D eigenvalue weighted by Crippen LogP contribution is 2.38. The molecule has 5 heteroatoms. The van der Waals surface area contributed by atoms with Gasteiger partial charge in [-0.05, 0) is 31.9 Å². The van der Waals surface area contributed by atoms with Crippen molar-refractivity contribution in [2.45, 2.75) is 37.8 Å². The van der Waals surface area contributed by atoms with Crippen LogP contribution in [-0.4, -0.2) is 33.7 Å². The summed E-state index contributed by atoms with van der Waals surface area (Å²) in [6.45, 7) is 1.43. The van der Waals surface area contributed by atoms with Crippen LogP contribution in [0.5, 0.6) is 0 Å². The van der Waals surface area contributed by atoms with Crippen molar-refractivity contribution in [1.82, 2.24) is 15.0 Å². The van der Waals surface area contributed by atoms with E-state index in [0.29, 0.717) is 18.9 Å². The van der Waals surface area contributed by atoms with Crippen LogP contribution in [0, 0.1) is 0 Å². The number of hydrogen-bond acceptors (Lipinski definition) is 5. The first kappa shape index (κ1) is 14.2. The summed E-state index contributed by atoms with van der Waals surface area (Å²) in [7, 11) is 2.00. The van der Waals surface area contributed by atoms with Crippen molar-refractivity contribution in [1.29, 1.82) is 0 Å². The third-order valence-electron chi connectivity index (χ3n) is 3.79. The molecule has 0 bridgehead atoms. The summed E-state index contributed by atoms with van der Waals surface area (Å²) in [4.78, 5) is 6.52. The minimum atomic E-state index is -0.430. The van der Waals surface area contributed by atoms with Gasteiger partial charge in [0.1, 0.15) is 0 Å². The van der Waals surface area contributed by atoms with E-state index >= 15 is 0 Å². The highest BCUT2D eigenvalue weighted by molar-refractivity contribution is 5.17. The number of aromatic nitrogens is 2. The third-order valence-corrected chi connectivity index (χ3v) is 3.79. The Morgan fingerprint density at radius 2 is 2.10 bits per heavy atom. The van der Waals surface area contributed by atoms with E-state index in [1.807, 2.05) is 37.4 Å². The van der Waals surface area contributed by atoms with Crippen LogP contribution in [0.25, 0.3) is 0 Å². The fourth-order valence-corrected chi connectivity index (χ4v) is 2.33. The molecule has 1 heterocycles. The van der Waals surface area contributed by atoms with Crippen LogP contribution >= 0.6 is 0 Å². The summed E-state index contributed by atoms with van der Waals surface area (Å²) in [5.74, 6) is 2.01. The van der Waals surface area contributed by atoms with E-state index in [2.05, 4.69) is 15.0 Å². The summed E-state index contributed by atoms with van der Waals surface area (Å²) in [6, 6.07) is 9.75. The largest absolute Gasteiger partial charge is 0.388 e. The second-order valence-corrected chi connectivity index (χ2v) is 5.78. The predicted molar refractivity (Wildman–Crippen MR) is 78.6 cm³/mol. The number of aliphatic hydroxyl groups excluding tert-OH is 1. The van der Waals surface area contributed by atoms with Gasteiger partial charge in [-0.2, -0.15) is 4.98 Å². The third kappa shape index (κ3) is 3.89. The molecule has 1 fully saturated rings. The standard InChI is InChI=1S/C16H21N3O2/c1-19(10-9-14(20)12-5-3-2-4-6-12)11-15-17-16(21-18-15)13-7-8-13/h2-6,13-14,20H,7-11H2,1H3. The predicted octanol–water partition coefficient (Wildman–Crippen LogP) is 2.50. The Balaban J connectivity index is 1.46. The van der Waals surface area contributed by atoms with Crippen LogP contribution < -0.4 is 0 Å². The van der Waals surface area contributed by atoms with Crippen molar-refractivity contribution in [2.24, 2.45) is 0 Å². The van der Waals surface area contributed by atoms with Crippen molar-refractivity contribution in [2.75, 3.05) is 13.6 Å². The molecule has 1 saturated carbocycles. The van der Waals surface area contributed by atoms with Crippen LogP contribution in [0.3, 0.4) is 0 Å². The Bertz CT molecular complexity index is 566. The topological polar surface area (TPSA) is 62.4 Å². The van der Waals surface area contributed by atoms with E-state index < -0.39 is 6.10 Å². The second-order valence-electron chi connectivity index (χ2n) is 5.78. The van der Waals surface area contributed by atoms with Gasteiger partial charge in [-0.15, -0.1) is 0 Å². The fourth-order valence-electron chi connectivity index (χ4n) is 2.33. The lowest BCUT2D eigenvalue weighted by Crippen LogP contribution is -2.21. The Labute approximate surface area is 124 Å². The highest BCUT2D eigenvalue weighted by Gasteiger charge is 2.29. The average Bonchev–Trinajstić information content (AvgIpc) is 3.26. The second kappa shape index (κ2) is 6.37. The van der Waals surface area contributed by atoms with Gasteiger partial charge in [-0.25, -0.2) is 0 Å². The molecule has 1 aromatic heterocycles. The first-order valence-electron chi connectivity index (χ1n) is 7.46. The van der Waals surface area contributed by atoms with Crippen molar-refractivity contribution in [3.05, 3.63) is 47.6 Å². The number of benzene rings is 1. The first-order valence-corrected chi connectivity index (χ1v) is 7.46. The molecule has 3 rings (SSSR count).